The Kier molecular flexibility index (Phi) is 4.95. The van der Waals surface area contributed by atoms with Crippen LogP contribution in [0.1, 0.15) is 60.7 Å². The fourth-order valence-corrected chi connectivity index (χ4v) is 3.99. The third kappa shape index (κ3) is 3.93. The van der Waals surface area contributed by atoms with Gasteiger partial charge in [0.15, 0.2) is 5.78 Å². The van der Waals surface area contributed by atoms with E-state index in [0.717, 1.165) is 41.7 Å². The highest BCUT2D eigenvalue weighted by Crippen LogP contribution is 2.46. The molecule has 4 heteroatoms. The normalized spacial score (nSPS) is 23.1. The maximum Gasteiger partial charge on any atom is 0.170 e. The van der Waals surface area contributed by atoms with Crippen LogP contribution in [0.25, 0.3) is 0 Å². The van der Waals surface area contributed by atoms with Crippen molar-refractivity contribution in [3.8, 4) is 17.2 Å². The van der Waals surface area contributed by atoms with E-state index in [0.29, 0.717) is 17.7 Å². The molecule has 150 valence electrons. The molecular weight excluding hydrogens is 364 g/mol. The number of phenols is 1. The zero-order valence-corrected chi connectivity index (χ0v) is 16.9. The first-order chi connectivity index (χ1) is 13.8. The van der Waals surface area contributed by atoms with E-state index in [-0.39, 0.29) is 23.2 Å². The van der Waals surface area contributed by atoms with Crippen molar-refractivity contribution < 1.29 is 19.4 Å². The number of aromatic hydroxyl groups is 1. The SMILES string of the molecule is C=C(C)/C=C/CC1(C)CCc2c(ccc3c2O[C@H](c2ccc(O)cc2)CC3=O)O1. The molecule has 0 spiro atoms. The van der Waals surface area contributed by atoms with Gasteiger partial charge in [-0.15, -0.1) is 0 Å². The Balaban J connectivity index is 1.61. The largest absolute Gasteiger partial charge is 0.508 e. The van der Waals surface area contributed by atoms with Gasteiger partial charge in [0.05, 0.1) is 12.0 Å². The summed E-state index contributed by atoms with van der Waals surface area (Å²) in [5, 5.41) is 9.53. The third-order valence-electron chi connectivity index (χ3n) is 5.63. The van der Waals surface area contributed by atoms with Gasteiger partial charge in [-0.3, -0.25) is 4.79 Å². The Morgan fingerprint density at radius 1 is 1.28 bits per heavy atom. The van der Waals surface area contributed by atoms with E-state index in [9.17, 15) is 9.90 Å². The van der Waals surface area contributed by atoms with Crippen molar-refractivity contribution in [3.63, 3.8) is 0 Å². The Bertz CT molecular complexity index is 987. The number of benzene rings is 2. The number of phenolic OH excluding ortho intramolecular Hbond substituents is 1. The molecule has 0 saturated heterocycles. The van der Waals surface area contributed by atoms with Gasteiger partial charge in [0.25, 0.3) is 0 Å². The minimum absolute atomic E-state index is 0.0739. The van der Waals surface area contributed by atoms with E-state index in [1.807, 2.05) is 25.1 Å². The summed E-state index contributed by atoms with van der Waals surface area (Å²) in [5.74, 6) is 1.71. The zero-order chi connectivity index (χ0) is 20.6. The highest BCUT2D eigenvalue weighted by Gasteiger charge is 2.36. The van der Waals surface area contributed by atoms with Gasteiger partial charge in [-0.25, -0.2) is 0 Å². The lowest BCUT2D eigenvalue weighted by Gasteiger charge is -2.37. The predicted molar refractivity (Wildman–Crippen MR) is 113 cm³/mol. The number of fused-ring (bicyclic) bond motifs is 3. The van der Waals surface area contributed by atoms with Crippen LogP contribution in [0.3, 0.4) is 0 Å². The van der Waals surface area contributed by atoms with Crippen LogP contribution in [0.4, 0.5) is 0 Å². The molecule has 1 N–H and O–H groups in total. The molecule has 0 radical (unpaired) electrons. The lowest BCUT2D eigenvalue weighted by atomic mass is 9.86. The number of ketones is 1. The first-order valence-electron chi connectivity index (χ1n) is 10.0. The molecular formula is C25H26O4. The molecule has 0 fully saturated rings. The van der Waals surface area contributed by atoms with E-state index in [1.165, 1.54) is 0 Å². The van der Waals surface area contributed by atoms with Crippen LogP contribution >= 0.6 is 0 Å². The van der Waals surface area contributed by atoms with Crippen molar-refractivity contribution in [3.05, 3.63) is 77.4 Å². The van der Waals surface area contributed by atoms with Crippen LogP contribution < -0.4 is 9.47 Å². The molecule has 2 aromatic carbocycles. The van der Waals surface area contributed by atoms with Gasteiger partial charge in [0.1, 0.15) is 29.0 Å². The number of hydrogen-bond acceptors (Lipinski definition) is 4. The number of rotatable bonds is 4. The second-order valence-electron chi connectivity index (χ2n) is 8.25. The van der Waals surface area contributed by atoms with Gasteiger partial charge in [-0.05, 0) is 56.5 Å². The molecule has 2 aliphatic heterocycles. The summed E-state index contributed by atoms with van der Waals surface area (Å²) in [7, 11) is 0. The molecule has 4 rings (SSSR count). The minimum atomic E-state index is -0.353. The predicted octanol–water partition coefficient (Wildman–Crippen LogP) is 5.70. The number of carbonyl (C=O) groups excluding carboxylic acids is 1. The molecule has 2 aliphatic rings. The Labute approximate surface area is 171 Å². The van der Waals surface area contributed by atoms with Crippen LogP contribution in [0.2, 0.25) is 0 Å². The topological polar surface area (TPSA) is 55.8 Å². The first kappa shape index (κ1) is 19.3. The molecule has 2 aromatic rings. The van der Waals surface area contributed by atoms with Gasteiger partial charge in [-0.2, -0.15) is 0 Å². The molecule has 1 unspecified atom stereocenters. The van der Waals surface area contributed by atoms with Crippen LogP contribution in [0, 0.1) is 0 Å². The van der Waals surface area contributed by atoms with Gasteiger partial charge >= 0.3 is 0 Å². The maximum atomic E-state index is 12.8. The van der Waals surface area contributed by atoms with Crippen molar-refractivity contribution in [1.29, 1.82) is 0 Å². The van der Waals surface area contributed by atoms with Gasteiger partial charge in [0.2, 0.25) is 0 Å². The molecule has 0 amide bonds. The summed E-state index contributed by atoms with van der Waals surface area (Å²) in [6.07, 6.45) is 6.50. The Morgan fingerprint density at radius 3 is 2.76 bits per heavy atom. The van der Waals surface area contributed by atoms with Crippen molar-refractivity contribution in [2.24, 2.45) is 0 Å². The molecule has 0 bridgehead atoms. The zero-order valence-electron chi connectivity index (χ0n) is 16.9. The summed E-state index contributed by atoms with van der Waals surface area (Å²) in [6, 6.07) is 10.6. The quantitative estimate of drug-likeness (QED) is 0.680. The average molecular weight is 390 g/mol. The van der Waals surface area contributed by atoms with Crippen molar-refractivity contribution >= 4 is 5.78 Å². The number of ether oxygens (including phenoxy) is 2. The summed E-state index contributed by atoms with van der Waals surface area (Å²) in [5.41, 5.74) is 3.22. The van der Waals surface area contributed by atoms with E-state index in [2.05, 4.69) is 19.6 Å². The van der Waals surface area contributed by atoms with Crippen molar-refractivity contribution in [1.82, 2.24) is 0 Å². The summed E-state index contributed by atoms with van der Waals surface area (Å²) in [4.78, 5) is 12.8. The fourth-order valence-electron chi connectivity index (χ4n) is 3.99. The monoisotopic (exact) mass is 390 g/mol. The molecule has 2 atom stereocenters. The van der Waals surface area contributed by atoms with E-state index >= 15 is 0 Å². The van der Waals surface area contributed by atoms with E-state index in [4.69, 9.17) is 9.47 Å². The lowest BCUT2D eigenvalue weighted by Crippen LogP contribution is -2.36. The van der Waals surface area contributed by atoms with Crippen LogP contribution in [0.5, 0.6) is 17.2 Å². The Hall–Kier alpha value is -3.01. The van der Waals surface area contributed by atoms with E-state index < -0.39 is 0 Å². The molecule has 0 saturated carbocycles. The number of allylic oxidation sites excluding steroid dienone is 2. The number of hydrogen-bond donors (Lipinski definition) is 1. The highest BCUT2D eigenvalue weighted by molar-refractivity contribution is 6.00. The second kappa shape index (κ2) is 7.43. The highest BCUT2D eigenvalue weighted by atomic mass is 16.5. The third-order valence-corrected chi connectivity index (χ3v) is 5.63. The Morgan fingerprint density at radius 2 is 2.03 bits per heavy atom. The smallest absolute Gasteiger partial charge is 0.170 e. The summed E-state index contributed by atoms with van der Waals surface area (Å²) >= 11 is 0. The van der Waals surface area contributed by atoms with Crippen LogP contribution in [-0.2, 0) is 6.42 Å². The number of carbonyl (C=O) groups is 1. The van der Waals surface area contributed by atoms with Crippen LogP contribution in [0.15, 0.2) is 60.7 Å². The second-order valence-corrected chi connectivity index (χ2v) is 8.25. The van der Waals surface area contributed by atoms with Crippen molar-refractivity contribution in [2.45, 2.75) is 51.2 Å². The first-order valence-corrected chi connectivity index (χ1v) is 10.0. The average Bonchev–Trinajstić information content (AvgIpc) is 2.67. The molecule has 0 aliphatic carbocycles. The van der Waals surface area contributed by atoms with Crippen LogP contribution in [-0.4, -0.2) is 16.5 Å². The van der Waals surface area contributed by atoms with Crippen molar-refractivity contribution in [2.75, 3.05) is 0 Å². The fraction of sp³-hybridized carbons (Fsp3) is 0.320. The standard InChI is InChI=1S/C25H26O4/c1-16(2)5-4-13-25(3)14-12-20-22(29-25)11-10-19-21(27)15-23(28-24(19)20)17-6-8-18(26)9-7-17/h4-11,23,26H,1,12-15H2,2-3H3/b5-4+/t23-,25?/m0/s1. The number of Topliss-reactive ketones (excluding diaryl/α,β-unsaturated/α-hetero) is 1. The minimum Gasteiger partial charge on any atom is -0.508 e. The van der Waals surface area contributed by atoms with Gasteiger partial charge < -0.3 is 14.6 Å². The molecule has 4 nitrogen and oxygen atoms in total. The molecule has 2 heterocycles. The lowest BCUT2D eigenvalue weighted by molar-refractivity contribution is 0.0642. The summed E-state index contributed by atoms with van der Waals surface area (Å²) in [6.45, 7) is 7.99. The van der Waals surface area contributed by atoms with E-state index in [1.54, 1.807) is 24.3 Å². The molecule has 29 heavy (non-hydrogen) atoms. The van der Waals surface area contributed by atoms with Gasteiger partial charge in [0, 0.05) is 12.0 Å². The maximum absolute atomic E-state index is 12.8. The summed E-state index contributed by atoms with van der Waals surface area (Å²) < 4.78 is 12.7. The van der Waals surface area contributed by atoms with Gasteiger partial charge in [-0.1, -0.05) is 36.4 Å². The molecule has 0 aromatic heterocycles.